The summed E-state index contributed by atoms with van der Waals surface area (Å²) in [5, 5.41) is 8.73. The summed E-state index contributed by atoms with van der Waals surface area (Å²) in [5.41, 5.74) is 3.00. The summed E-state index contributed by atoms with van der Waals surface area (Å²) >= 11 is 0. The zero-order valence-electron chi connectivity index (χ0n) is 27.6. The Morgan fingerprint density at radius 3 is 2.53 bits per heavy atom. The average Bonchev–Trinajstić information content (AvgIpc) is 3.30. The van der Waals surface area contributed by atoms with Gasteiger partial charge < -0.3 is 15.0 Å². The van der Waals surface area contributed by atoms with Crippen LogP contribution >= 0.6 is 0 Å². The number of ether oxygens (including phenoxy) is 1. The van der Waals surface area contributed by atoms with Crippen LogP contribution in [-0.2, 0) is 16.6 Å². The highest BCUT2D eigenvalue weighted by Crippen LogP contribution is 2.57. The van der Waals surface area contributed by atoms with Gasteiger partial charge in [-0.2, -0.15) is 5.10 Å². The molecule has 0 spiro atoms. The molecule has 4 atom stereocenters. The molecular weight excluding hydrogens is 569 g/mol. The van der Waals surface area contributed by atoms with Gasteiger partial charge in [0.1, 0.15) is 17.1 Å². The summed E-state index contributed by atoms with van der Waals surface area (Å²) in [4.78, 5) is 29.0. The molecule has 1 N–H and O–H groups in total. The van der Waals surface area contributed by atoms with E-state index in [0.29, 0.717) is 23.2 Å². The van der Waals surface area contributed by atoms with Crippen molar-refractivity contribution in [3.8, 4) is 11.3 Å². The van der Waals surface area contributed by atoms with E-state index < -0.39 is 11.4 Å². The van der Waals surface area contributed by atoms with Crippen LogP contribution in [0.2, 0.25) is 0 Å². The molecular formula is C35H44FN7O2. The van der Waals surface area contributed by atoms with Gasteiger partial charge in [0, 0.05) is 36.8 Å². The van der Waals surface area contributed by atoms with Gasteiger partial charge >= 0.3 is 5.97 Å². The average molecular weight is 614 g/mol. The van der Waals surface area contributed by atoms with Crippen molar-refractivity contribution in [2.75, 3.05) is 23.3 Å². The zero-order valence-corrected chi connectivity index (χ0v) is 27.6. The molecule has 238 valence electrons. The minimum Gasteiger partial charge on any atom is -0.460 e. The Morgan fingerprint density at radius 2 is 1.87 bits per heavy atom. The fourth-order valence-corrected chi connectivity index (χ4v) is 7.42. The van der Waals surface area contributed by atoms with Crippen LogP contribution in [0.15, 0.2) is 42.7 Å². The van der Waals surface area contributed by atoms with E-state index in [1.165, 1.54) is 6.20 Å². The summed E-state index contributed by atoms with van der Waals surface area (Å²) < 4.78 is 22.8. The quantitative estimate of drug-likeness (QED) is 0.227. The third kappa shape index (κ3) is 5.87. The standard InChI is InChI=1S/C35H44FN7O2/c1-20(2)31-26-13-23(9-11-28(26)41-42(31)8)30-27(36)17-38-33(40-30)39-29-12-10-25(16-37-29)43-18-21(3)14-35(15-24(19-43)22(35)4)32(44)45-34(5,6)7/h9-13,16-17,20-22,24H,14-15,18-19H2,1-8H3,(H,37,38,39,40). The number of benzene rings is 1. The lowest BCUT2D eigenvalue weighted by Gasteiger charge is -2.57. The van der Waals surface area contributed by atoms with E-state index in [1.807, 2.05) is 69.0 Å². The molecule has 5 heterocycles. The smallest absolute Gasteiger partial charge is 0.312 e. The molecule has 2 bridgehead atoms. The molecule has 0 amide bonds. The number of nitrogens with zero attached hydrogens (tertiary/aromatic N) is 6. The second kappa shape index (κ2) is 11.4. The maximum atomic E-state index is 15.0. The number of halogens is 1. The molecule has 9 nitrogen and oxygen atoms in total. The monoisotopic (exact) mass is 613 g/mol. The van der Waals surface area contributed by atoms with Crippen LogP contribution in [0.5, 0.6) is 0 Å². The number of rotatable bonds is 6. The number of aromatic nitrogens is 5. The van der Waals surface area contributed by atoms with E-state index in [-0.39, 0.29) is 34.9 Å². The molecule has 2 saturated heterocycles. The van der Waals surface area contributed by atoms with Gasteiger partial charge in [-0.25, -0.2) is 19.3 Å². The van der Waals surface area contributed by atoms with E-state index >= 15 is 0 Å². The maximum absolute atomic E-state index is 15.0. The van der Waals surface area contributed by atoms with Crippen molar-refractivity contribution in [3.05, 3.63) is 54.2 Å². The highest BCUT2D eigenvalue weighted by Gasteiger charge is 2.59. The number of hydrogen-bond donors (Lipinski definition) is 1. The van der Waals surface area contributed by atoms with Crippen LogP contribution < -0.4 is 10.2 Å². The topological polar surface area (TPSA) is 98.1 Å². The van der Waals surface area contributed by atoms with Crippen LogP contribution in [0, 0.1) is 29.0 Å². The molecule has 1 saturated carbocycles. The van der Waals surface area contributed by atoms with E-state index in [2.05, 4.69) is 58.0 Å². The van der Waals surface area contributed by atoms with Crippen LogP contribution in [-0.4, -0.2) is 49.4 Å². The predicted octanol–water partition coefficient (Wildman–Crippen LogP) is 7.26. The highest BCUT2D eigenvalue weighted by atomic mass is 19.1. The lowest BCUT2D eigenvalue weighted by Crippen LogP contribution is -2.59. The predicted molar refractivity (Wildman–Crippen MR) is 175 cm³/mol. The summed E-state index contributed by atoms with van der Waals surface area (Å²) in [7, 11) is 1.93. The minimum absolute atomic E-state index is 0.0414. The fraction of sp³-hybridized carbons (Fsp3) is 0.514. The molecule has 3 fully saturated rings. The first-order valence-corrected chi connectivity index (χ1v) is 15.9. The Kier molecular flexibility index (Phi) is 7.82. The fourth-order valence-electron chi connectivity index (χ4n) is 7.42. The van der Waals surface area contributed by atoms with Crippen molar-refractivity contribution in [3.63, 3.8) is 0 Å². The van der Waals surface area contributed by atoms with E-state index in [4.69, 9.17) is 4.74 Å². The van der Waals surface area contributed by atoms with Crippen LogP contribution in [0.25, 0.3) is 22.2 Å². The molecule has 45 heavy (non-hydrogen) atoms. The second-order valence-corrected chi connectivity index (χ2v) is 14.4. The largest absolute Gasteiger partial charge is 0.460 e. The molecule has 1 aromatic carbocycles. The summed E-state index contributed by atoms with van der Waals surface area (Å²) in [6.07, 6.45) is 4.72. The Labute approximate surface area is 264 Å². The van der Waals surface area contributed by atoms with Crippen molar-refractivity contribution >= 4 is 34.3 Å². The zero-order chi connectivity index (χ0) is 32.3. The lowest BCUT2D eigenvalue weighted by atomic mass is 9.50. The summed E-state index contributed by atoms with van der Waals surface area (Å²) in [6, 6.07) is 9.63. The van der Waals surface area contributed by atoms with Gasteiger partial charge in [-0.1, -0.05) is 33.8 Å². The molecule has 1 aliphatic carbocycles. The highest BCUT2D eigenvalue weighted by molar-refractivity contribution is 5.87. The van der Waals surface area contributed by atoms with Crippen LogP contribution in [0.1, 0.15) is 72.9 Å². The molecule has 3 aliphatic rings. The number of fused-ring (bicyclic) bond motifs is 5. The third-order valence-corrected chi connectivity index (χ3v) is 9.51. The van der Waals surface area contributed by atoms with E-state index in [9.17, 15) is 9.18 Å². The molecule has 0 radical (unpaired) electrons. The Morgan fingerprint density at radius 1 is 1.09 bits per heavy atom. The Bertz CT molecular complexity index is 1730. The number of carbonyl (C=O) groups is 1. The van der Waals surface area contributed by atoms with Gasteiger partial charge in [0.15, 0.2) is 5.82 Å². The molecule has 7 rings (SSSR count). The van der Waals surface area contributed by atoms with Gasteiger partial charge in [0.2, 0.25) is 5.95 Å². The van der Waals surface area contributed by atoms with Crippen molar-refractivity contribution in [2.24, 2.45) is 30.2 Å². The molecule has 4 aromatic rings. The Balaban J connectivity index is 1.17. The van der Waals surface area contributed by atoms with Gasteiger partial charge in [-0.05, 0) is 81.5 Å². The SMILES string of the molecule is CC1CN(c2ccc(Nc3ncc(F)c(-c4ccc5nn(C)c(C(C)C)c5c4)n3)nc2)CC2CC(C(=O)OC(C)(C)C)(C1)C2C. The number of anilines is 3. The number of pyridine rings is 1. The number of hydrogen-bond acceptors (Lipinski definition) is 8. The van der Waals surface area contributed by atoms with Gasteiger partial charge in [-0.3, -0.25) is 9.48 Å². The first kappa shape index (κ1) is 30.9. The maximum Gasteiger partial charge on any atom is 0.312 e. The molecule has 4 unspecified atom stereocenters. The molecule has 2 aliphatic heterocycles. The lowest BCUT2D eigenvalue weighted by molar-refractivity contribution is -0.189. The van der Waals surface area contributed by atoms with Crippen LogP contribution in [0.4, 0.5) is 21.8 Å². The minimum atomic E-state index is -0.495. The first-order chi connectivity index (χ1) is 21.2. The molecule has 3 aromatic heterocycles. The summed E-state index contributed by atoms with van der Waals surface area (Å²) in [5.74, 6) is 1.55. The van der Waals surface area contributed by atoms with Crippen molar-refractivity contribution < 1.29 is 13.9 Å². The second-order valence-electron chi connectivity index (χ2n) is 14.4. The van der Waals surface area contributed by atoms with E-state index in [1.54, 1.807) is 0 Å². The molecule has 10 heteroatoms. The number of aryl methyl sites for hydroxylation is 1. The number of esters is 1. The van der Waals surface area contributed by atoms with Crippen molar-refractivity contribution in [1.29, 1.82) is 0 Å². The Hall–Kier alpha value is -4.08. The number of carbonyl (C=O) groups excluding carboxylic acids is 1. The normalized spacial score (nSPS) is 23.4. The van der Waals surface area contributed by atoms with Crippen molar-refractivity contribution in [1.82, 2.24) is 24.7 Å². The van der Waals surface area contributed by atoms with Gasteiger partial charge in [-0.15, -0.1) is 0 Å². The summed E-state index contributed by atoms with van der Waals surface area (Å²) in [6.45, 7) is 16.2. The van der Waals surface area contributed by atoms with Crippen LogP contribution in [0.3, 0.4) is 0 Å². The first-order valence-electron chi connectivity index (χ1n) is 15.9. The third-order valence-electron chi connectivity index (χ3n) is 9.51. The van der Waals surface area contributed by atoms with Gasteiger partial charge in [0.25, 0.3) is 0 Å². The number of nitrogens with one attached hydrogen (secondary N) is 1. The van der Waals surface area contributed by atoms with Crippen molar-refractivity contribution in [2.45, 2.75) is 72.8 Å². The van der Waals surface area contributed by atoms with E-state index in [0.717, 1.165) is 48.2 Å². The van der Waals surface area contributed by atoms with Gasteiger partial charge in [0.05, 0.1) is 29.0 Å².